The lowest BCUT2D eigenvalue weighted by molar-refractivity contribution is 0.0697. The number of hydrogen-bond donors (Lipinski definition) is 1. The molecule has 4 heteroatoms. The van der Waals surface area contributed by atoms with Gasteiger partial charge in [0.1, 0.15) is 11.9 Å². The van der Waals surface area contributed by atoms with Crippen molar-refractivity contribution in [3.63, 3.8) is 0 Å². The zero-order valence-electron chi connectivity index (χ0n) is 10.9. The lowest BCUT2D eigenvalue weighted by atomic mass is 10.00. The van der Waals surface area contributed by atoms with Gasteiger partial charge in [0.2, 0.25) is 0 Å². The molecule has 20 heavy (non-hydrogen) atoms. The summed E-state index contributed by atoms with van der Waals surface area (Å²) in [6.07, 6.45) is 1.08. The molecule has 1 heterocycles. The minimum absolute atomic E-state index is 0.192. The molecular formula is C16H13ClO3. The monoisotopic (exact) mass is 288 g/mol. The first kappa shape index (κ1) is 13.0. The molecule has 0 saturated heterocycles. The Morgan fingerprint density at radius 3 is 2.80 bits per heavy atom. The first-order chi connectivity index (χ1) is 9.54. The Morgan fingerprint density at radius 1 is 1.30 bits per heavy atom. The van der Waals surface area contributed by atoms with Crippen LogP contribution in [0.3, 0.4) is 0 Å². The van der Waals surface area contributed by atoms with Gasteiger partial charge in [-0.2, -0.15) is 0 Å². The maximum Gasteiger partial charge on any atom is 0.335 e. The number of carbonyl (C=O) groups is 1. The summed E-state index contributed by atoms with van der Waals surface area (Å²) in [5.41, 5.74) is 3.16. The number of carboxylic acid groups (broad SMARTS) is 1. The minimum Gasteiger partial charge on any atom is -0.490 e. The summed E-state index contributed by atoms with van der Waals surface area (Å²) in [5.74, 6) is -0.0610. The van der Waals surface area contributed by atoms with E-state index in [1.807, 2.05) is 19.1 Å². The van der Waals surface area contributed by atoms with Crippen LogP contribution in [0, 0.1) is 0 Å². The van der Waals surface area contributed by atoms with E-state index in [0.717, 1.165) is 28.9 Å². The Labute approximate surface area is 121 Å². The number of ether oxygens (including phenoxy) is 1. The zero-order chi connectivity index (χ0) is 14.3. The average molecular weight is 289 g/mol. The van der Waals surface area contributed by atoms with Crippen LogP contribution in [0.1, 0.15) is 22.8 Å². The van der Waals surface area contributed by atoms with Gasteiger partial charge in [-0.25, -0.2) is 4.79 Å². The van der Waals surface area contributed by atoms with E-state index in [1.165, 1.54) is 6.07 Å². The Hall–Kier alpha value is -2.00. The topological polar surface area (TPSA) is 46.5 Å². The van der Waals surface area contributed by atoms with Crippen molar-refractivity contribution in [2.45, 2.75) is 19.4 Å². The molecule has 0 aromatic heterocycles. The summed E-state index contributed by atoms with van der Waals surface area (Å²) in [7, 11) is 0. The molecular weight excluding hydrogens is 276 g/mol. The Kier molecular flexibility index (Phi) is 3.14. The predicted molar refractivity (Wildman–Crippen MR) is 77.6 cm³/mol. The third-order valence-corrected chi connectivity index (χ3v) is 3.74. The second kappa shape index (κ2) is 4.84. The fourth-order valence-corrected chi connectivity index (χ4v) is 2.76. The first-order valence-electron chi connectivity index (χ1n) is 6.37. The summed E-state index contributed by atoms with van der Waals surface area (Å²) in [6, 6.07) is 10.7. The molecule has 1 N–H and O–H groups in total. The molecule has 1 aliphatic heterocycles. The first-order valence-corrected chi connectivity index (χ1v) is 6.75. The van der Waals surface area contributed by atoms with Crippen LogP contribution < -0.4 is 4.74 Å². The quantitative estimate of drug-likeness (QED) is 0.907. The molecule has 0 bridgehead atoms. The van der Waals surface area contributed by atoms with Gasteiger partial charge in [-0.1, -0.05) is 23.7 Å². The smallest absolute Gasteiger partial charge is 0.335 e. The predicted octanol–water partition coefficient (Wildman–Crippen LogP) is 4.03. The molecule has 1 aliphatic rings. The lowest BCUT2D eigenvalue weighted by Crippen LogP contribution is -2.05. The van der Waals surface area contributed by atoms with E-state index in [2.05, 4.69) is 6.07 Å². The van der Waals surface area contributed by atoms with Crippen molar-refractivity contribution in [2.75, 3.05) is 0 Å². The van der Waals surface area contributed by atoms with E-state index < -0.39 is 5.97 Å². The van der Waals surface area contributed by atoms with Gasteiger partial charge in [0.25, 0.3) is 0 Å². The van der Waals surface area contributed by atoms with E-state index in [4.69, 9.17) is 21.4 Å². The fraction of sp³-hybridized carbons (Fsp3) is 0.188. The van der Waals surface area contributed by atoms with Crippen LogP contribution in [0.4, 0.5) is 0 Å². The van der Waals surface area contributed by atoms with Crippen molar-refractivity contribution in [2.24, 2.45) is 0 Å². The van der Waals surface area contributed by atoms with Gasteiger partial charge in [-0.15, -0.1) is 0 Å². The molecule has 0 spiro atoms. The summed E-state index contributed by atoms with van der Waals surface area (Å²) in [5, 5.41) is 9.39. The highest BCUT2D eigenvalue weighted by Crippen LogP contribution is 2.35. The second-order valence-corrected chi connectivity index (χ2v) is 5.36. The molecule has 2 aromatic carbocycles. The summed E-state index contributed by atoms with van der Waals surface area (Å²) >= 11 is 6.19. The normalized spacial score (nSPS) is 16.6. The number of rotatable bonds is 2. The van der Waals surface area contributed by atoms with Crippen LogP contribution in [0.5, 0.6) is 5.75 Å². The number of benzene rings is 2. The van der Waals surface area contributed by atoms with Gasteiger partial charge in [0.15, 0.2) is 0 Å². The van der Waals surface area contributed by atoms with Crippen molar-refractivity contribution in [1.29, 1.82) is 0 Å². The van der Waals surface area contributed by atoms with E-state index in [0.29, 0.717) is 5.02 Å². The number of carboxylic acids is 1. The van der Waals surface area contributed by atoms with Gasteiger partial charge in [0.05, 0.1) is 5.56 Å². The molecule has 2 aromatic rings. The standard InChI is InChI=1S/C16H13ClO3/c1-9-6-12-7-10(3-5-15(12)20-9)13-4-2-11(16(18)19)8-14(13)17/h2-5,7-9H,6H2,1H3,(H,18,19). The highest BCUT2D eigenvalue weighted by atomic mass is 35.5. The largest absolute Gasteiger partial charge is 0.490 e. The van der Waals surface area contributed by atoms with Crippen molar-refractivity contribution >= 4 is 17.6 Å². The van der Waals surface area contributed by atoms with Gasteiger partial charge < -0.3 is 9.84 Å². The highest BCUT2D eigenvalue weighted by molar-refractivity contribution is 6.33. The number of halogens is 1. The van der Waals surface area contributed by atoms with E-state index in [-0.39, 0.29) is 11.7 Å². The average Bonchev–Trinajstić information content (AvgIpc) is 2.77. The van der Waals surface area contributed by atoms with E-state index in [9.17, 15) is 4.79 Å². The lowest BCUT2D eigenvalue weighted by Gasteiger charge is -2.07. The number of aromatic carboxylic acids is 1. The summed E-state index contributed by atoms with van der Waals surface area (Å²) < 4.78 is 5.67. The SMILES string of the molecule is CC1Cc2cc(-c3ccc(C(=O)O)cc3Cl)ccc2O1. The molecule has 1 unspecified atom stereocenters. The van der Waals surface area contributed by atoms with Crippen molar-refractivity contribution in [3.05, 3.63) is 52.5 Å². The van der Waals surface area contributed by atoms with Gasteiger partial charge in [0, 0.05) is 17.0 Å². The third kappa shape index (κ3) is 2.25. The molecule has 0 aliphatic carbocycles. The van der Waals surface area contributed by atoms with Crippen molar-refractivity contribution < 1.29 is 14.6 Å². The third-order valence-electron chi connectivity index (χ3n) is 3.42. The fourth-order valence-electron chi connectivity index (χ4n) is 2.47. The maximum atomic E-state index is 10.9. The molecule has 0 amide bonds. The van der Waals surface area contributed by atoms with Gasteiger partial charge in [-0.05, 0) is 42.3 Å². The molecule has 0 fully saturated rings. The van der Waals surface area contributed by atoms with Crippen LogP contribution >= 0.6 is 11.6 Å². The summed E-state index contributed by atoms with van der Waals surface area (Å²) in [6.45, 7) is 2.04. The van der Waals surface area contributed by atoms with Crippen LogP contribution in [0.15, 0.2) is 36.4 Å². The Bertz CT molecular complexity index is 694. The molecule has 1 atom stereocenters. The van der Waals surface area contributed by atoms with Crippen LogP contribution in [0.25, 0.3) is 11.1 Å². The van der Waals surface area contributed by atoms with Crippen LogP contribution in [-0.2, 0) is 6.42 Å². The molecule has 3 rings (SSSR count). The molecule has 0 saturated carbocycles. The number of fused-ring (bicyclic) bond motifs is 1. The number of hydrogen-bond acceptors (Lipinski definition) is 2. The van der Waals surface area contributed by atoms with Crippen molar-refractivity contribution in [3.8, 4) is 16.9 Å². The van der Waals surface area contributed by atoms with Gasteiger partial charge >= 0.3 is 5.97 Å². The Balaban J connectivity index is 2.02. The Morgan fingerprint density at radius 2 is 2.10 bits per heavy atom. The highest BCUT2D eigenvalue weighted by Gasteiger charge is 2.19. The minimum atomic E-state index is -0.977. The molecule has 102 valence electrons. The van der Waals surface area contributed by atoms with Crippen molar-refractivity contribution in [1.82, 2.24) is 0 Å². The van der Waals surface area contributed by atoms with E-state index >= 15 is 0 Å². The zero-order valence-corrected chi connectivity index (χ0v) is 11.6. The van der Waals surface area contributed by atoms with Crippen LogP contribution in [0.2, 0.25) is 5.02 Å². The molecule has 3 nitrogen and oxygen atoms in total. The van der Waals surface area contributed by atoms with Gasteiger partial charge in [-0.3, -0.25) is 0 Å². The summed E-state index contributed by atoms with van der Waals surface area (Å²) in [4.78, 5) is 10.9. The molecule has 0 radical (unpaired) electrons. The van der Waals surface area contributed by atoms with E-state index in [1.54, 1.807) is 12.1 Å². The van der Waals surface area contributed by atoms with Crippen LogP contribution in [-0.4, -0.2) is 17.2 Å². The second-order valence-electron chi connectivity index (χ2n) is 4.95. The maximum absolute atomic E-state index is 10.9.